The standard InChI is InChI=1S/C17H12N6O2/c18-6-3-9-23-14-4-1-2-8-22(14)15(17(23)25)16(24)21-13-10-12(11-19)5-7-20-13/h1-2,4-5,7-8,10H,3,9H2,(H-,20,21,24,25). The topological polar surface area (TPSA) is 121 Å². The highest BCUT2D eigenvalue weighted by atomic mass is 16.3. The smallest absolute Gasteiger partial charge is 0.300 e. The number of imidazole rings is 1. The predicted molar refractivity (Wildman–Crippen MR) is 84.2 cm³/mol. The number of hydrogen-bond acceptors (Lipinski definition) is 5. The van der Waals surface area contributed by atoms with Crippen LogP contribution in [0.2, 0.25) is 0 Å². The minimum Gasteiger partial charge on any atom is -0.839 e. The molecule has 0 atom stereocenters. The number of aryl methyl sites for hydroxylation is 1. The van der Waals surface area contributed by atoms with Crippen molar-refractivity contribution in [1.29, 1.82) is 10.5 Å². The van der Waals surface area contributed by atoms with Crippen LogP contribution in [0, 0.1) is 22.7 Å². The molecule has 0 fully saturated rings. The lowest BCUT2D eigenvalue weighted by Gasteiger charge is -2.06. The molecule has 0 aliphatic heterocycles. The summed E-state index contributed by atoms with van der Waals surface area (Å²) < 4.78 is 2.86. The Balaban J connectivity index is 2.03. The van der Waals surface area contributed by atoms with E-state index in [9.17, 15) is 9.90 Å². The lowest BCUT2D eigenvalue weighted by molar-refractivity contribution is -0.711. The lowest BCUT2D eigenvalue weighted by atomic mass is 10.3. The van der Waals surface area contributed by atoms with Crippen molar-refractivity contribution in [3.8, 4) is 18.0 Å². The number of aromatic nitrogens is 3. The maximum absolute atomic E-state index is 12.6. The van der Waals surface area contributed by atoms with E-state index in [2.05, 4.69) is 10.3 Å². The van der Waals surface area contributed by atoms with Crippen molar-refractivity contribution in [2.45, 2.75) is 13.0 Å². The van der Waals surface area contributed by atoms with Crippen molar-refractivity contribution in [3.05, 3.63) is 54.0 Å². The molecule has 0 aromatic carbocycles. The normalized spacial score (nSPS) is 10.2. The monoisotopic (exact) mass is 332 g/mol. The summed E-state index contributed by atoms with van der Waals surface area (Å²) >= 11 is 0. The fraction of sp³-hybridized carbons (Fsp3) is 0.118. The molecule has 3 heterocycles. The Kier molecular flexibility index (Phi) is 4.27. The summed E-state index contributed by atoms with van der Waals surface area (Å²) in [5.74, 6) is -0.946. The van der Waals surface area contributed by atoms with Crippen LogP contribution in [0.1, 0.15) is 22.5 Å². The highest BCUT2D eigenvalue weighted by Gasteiger charge is 2.25. The minimum atomic E-state index is -0.635. The van der Waals surface area contributed by atoms with Crippen molar-refractivity contribution < 1.29 is 14.5 Å². The van der Waals surface area contributed by atoms with Crippen molar-refractivity contribution in [1.82, 2.24) is 9.38 Å². The average molecular weight is 332 g/mol. The third-order valence-electron chi connectivity index (χ3n) is 3.60. The Labute approximate surface area is 142 Å². The third kappa shape index (κ3) is 2.96. The zero-order valence-corrected chi connectivity index (χ0v) is 13.0. The van der Waals surface area contributed by atoms with Crippen LogP contribution >= 0.6 is 0 Å². The van der Waals surface area contributed by atoms with Gasteiger partial charge in [0.1, 0.15) is 18.2 Å². The fourth-order valence-corrected chi connectivity index (χ4v) is 2.51. The number of nitriles is 2. The molecule has 8 nitrogen and oxygen atoms in total. The van der Waals surface area contributed by atoms with Crippen LogP contribution in [0.25, 0.3) is 5.65 Å². The lowest BCUT2D eigenvalue weighted by Crippen LogP contribution is -2.36. The number of nitrogens with zero attached hydrogens (tertiary/aromatic N) is 5. The number of pyridine rings is 2. The Morgan fingerprint density at radius 1 is 1.36 bits per heavy atom. The Morgan fingerprint density at radius 3 is 2.96 bits per heavy atom. The van der Waals surface area contributed by atoms with Crippen molar-refractivity contribution in [3.63, 3.8) is 0 Å². The molecule has 0 unspecified atom stereocenters. The van der Waals surface area contributed by atoms with Crippen molar-refractivity contribution in [2.75, 3.05) is 5.32 Å². The Hall–Kier alpha value is -3.91. The van der Waals surface area contributed by atoms with Crippen molar-refractivity contribution in [2.24, 2.45) is 0 Å². The molecule has 0 spiro atoms. The number of carbonyl (C=O) groups is 1. The second kappa shape index (κ2) is 6.69. The summed E-state index contributed by atoms with van der Waals surface area (Å²) in [6.45, 7) is 0.193. The Bertz CT molecular complexity index is 1040. The van der Waals surface area contributed by atoms with Crippen LogP contribution in [0.5, 0.6) is 5.88 Å². The van der Waals surface area contributed by atoms with Gasteiger partial charge in [0.25, 0.3) is 11.6 Å². The number of fused-ring (bicyclic) bond motifs is 1. The second-order valence-corrected chi connectivity index (χ2v) is 5.14. The van der Waals surface area contributed by atoms with Crippen LogP contribution < -0.4 is 15.0 Å². The molecule has 3 rings (SSSR count). The van der Waals surface area contributed by atoms with E-state index in [1.165, 1.54) is 27.3 Å². The zero-order chi connectivity index (χ0) is 17.8. The molecule has 0 bridgehead atoms. The number of hydrogen-bond donors (Lipinski definition) is 1. The molecule has 3 aromatic rings. The molecule has 3 aromatic heterocycles. The highest BCUT2D eigenvalue weighted by molar-refractivity contribution is 6.04. The molecule has 122 valence electrons. The zero-order valence-electron chi connectivity index (χ0n) is 13.0. The average Bonchev–Trinajstić information content (AvgIpc) is 2.91. The van der Waals surface area contributed by atoms with Crippen LogP contribution in [0.15, 0.2) is 42.7 Å². The van der Waals surface area contributed by atoms with E-state index in [1.807, 2.05) is 12.1 Å². The van der Waals surface area contributed by atoms with E-state index in [0.29, 0.717) is 11.2 Å². The molecule has 1 N–H and O–H groups in total. The highest BCUT2D eigenvalue weighted by Crippen LogP contribution is 2.16. The molecule has 0 saturated heterocycles. The van der Waals surface area contributed by atoms with Crippen LogP contribution in [0.3, 0.4) is 0 Å². The first-order chi connectivity index (χ1) is 12.2. The summed E-state index contributed by atoms with van der Waals surface area (Å²) in [4.78, 5) is 16.6. The number of carbonyl (C=O) groups excluding carboxylic acids is 1. The van der Waals surface area contributed by atoms with Gasteiger partial charge in [-0.3, -0.25) is 4.79 Å². The van der Waals surface area contributed by atoms with Gasteiger partial charge in [0.15, 0.2) is 0 Å². The van der Waals surface area contributed by atoms with Crippen LogP contribution in [0.4, 0.5) is 5.82 Å². The van der Waals surface area contributed by atoms with Gasteiger partial charge in [0, 0.05) is 12.3 Å². The van der Waals surface area contributed by atoms with Gasteiger partial charge in [-0.05, 0) is 18.2 Å². The summed E-state index contributed by atoms with van der Waals surface area (Å²) in [7, 11) is 0. The summed E-state index contributed by atoms with van der Waals surface area (Å²) in [6.07, 6.45) is 3.16. The first-order valence-electron chi connectivity index (χ1n) is 7.40. The van der Waals surface area contributed by atoms with E-state index in [-0.39, 0.29) is 24.5 Å². The SMILES string of the molecule is N#CCC[n+]1c([O-])c(C(=O)Nc2cc(C#N)ccn2)n2ccccc21. The first-order valence-corrected chi connectivity index (χ1v) is 7.40. The number of anilines is 1. The van der Waals surface area contributed by atoms with Crippen LogP contribution in [-0.2, 0) is 6.54 Å². The van der Waals surface area contributed by atoms with Gasteiger partial charge in [-0.2, -0.15) is 14.9 Å². The van der Waals surface area contributed by atoms with E-state index < -0.39 is 11.8 Å². The van der Waals surface area contributed by atoms with Gasteiger partial charge in [0.05, 0.1) is 30.3 Å². The molecular weight excluding hydrogens is 320 g/mol. The summed E-state index contributed by atoms with van der Waals surface area (Å²) in [6, 6.07) is 12.0. The van der Waals surface area contributed by atoms with Gasteiger partial charge in [-0.25, -0.2) is 9.55 Å². The van der Waals surface area contributed by atoms with E-state index in [4.69, 9.17) is 10.5 Å². The van der Waals surface area contributed by atoms with E-state index in [0.717, 1.165) is 0 Å². The maximum Gasteiger partial charge on any atom is 0.300 e. The quantitative estimate of drug-likeness (QED) is 0.706. The number of rotatable bonds is 4. The molecule has 0 aliphatic rings. The van der Waals surface area contributed by atoms with Gasteiger partial charge >= 0.3 is 0 Å². The van der Waals surface area contributed by atoms with Crippen molar-refractivity contribution >= 4 is 17.4 Å². The van der Waals surface area contributed by atoms with Gasteiger partial charge < -0.3 is 10.4 Å². The number of amides is 1. The largest absolute Gasteiger partial charge is 0.839 e. The molecule has 1 amide bonds. The first kappa shape index (κ1) is 16.0. The van der Waals surface area contributed by atoms with Gasteiger partial charge in [-0.15, -0.1) is 0 Å². The predicted octanol–water partition coefficient (Wildman–Crippen LogP) is 0.733. The number of nitrogens with one attached hydrogen (secondary N) is 1. The van der Waals surface area contributed by atoms with Gasteiger partial charge in [-0.1, -0.05) is 6.07 Å². The summed E-state index contributed by atoms with van der Waals surface area (Å²) in [5, 5.41) is 32.9. The minimum absolute atomic E-state index is 0.0855. The van der Waals surface area contributed by atoms with E-state index >= 15 is 0 Å². The maximum atomic E-state index is 12.6. The summed E-state index contributed by atoms with van der Waals surface area (Å²) in [5.41, 5.74) is 0.779. The molecule has 8 heteroatoms. The van der Waals surface area contributed by atoms with Gasteiger partial charge in [0.2, 0.25) is 5.69 Å². The molecule has 0 radical (unpaired) electrons. The molecule has 0 saturated carbocycles. The fourth-order valence-electron chi connectivity index (χ4n) is 2.51. The third-order valence-corrected chi connectivity index (χ3v) is 3.60. The van der Waals surface area contributed by atoms with Crippen LogP contribution in [-0.4, -0.2) is 15.3 Å². The Morgan fingerprint density at radius 2 is 2.20 bits per heavy atom. The molecule has 0 aliphatic carbocycles. The van der Waals surface area contributed by atoms with E-state index in [1.54, 1.807) is 24.4 Å². The molecular formula is C17H12N6O2. The second-order valence-electron chi connectivity index (χ2n) is 5.14. The molecule has 25 heavy (non-hydrogen) atoms.